The van der Waals surface area contributed by atoms with E-state index in [1.54, 1.807) is 24.8 Å². The first-order valence-electron chi connectivity index (χ1n) is 12.3. The highest BCUT2D eigenvalue weighted by atomic mass is 16.2. The molecule has 0 fully saturated rings. The molecule has 0 radical (unpaired) electrons. The molecule has 8 nitrogen and oxygen atoms in total. The highest BCUT2D eigenvalue weighted by Gasteiger charge is 2.32. The van der Waals surface area contributed by atoms with E-state index in [1.165, 1.54) is 0 Å². The SMILES string of the molecule is CC(C)(N)CC(=O)N[C@@H]1CCc2ccccc2N(Cc2ccc(-c3ccccc3NC(N)=O)cc2)C1=O. The van der Waals surface area contributed by atoms with Crippen molar-refractivity contribution in [3.63, 3.8) is 0 Å². The number of nitrogens with zero attached hydrogens (tertiary/aromatic N) is 1. The molecule has 1 atom stereocenters. The van der Waals surface area contributed by atoms with Gasteiger partial charge >= 0.3 is 6.03 Å². The molecule has 37 heavy (non-hydrogen) atoms. The maximum absolute atomic E-state index is 13.7. The molecular formula is C29H33N5O3. The van der Waals surface area contributed by atoms with Gasteiger partial charge in [-0.2, -0.15) is 0 Å². The number of hydrogen-bond donors (Lipinski definition) is 4. The van der Waals surface area contributed by atoms with Crippen molar-refractivity contribution in [2.45, 2.75) is 51.2 Å². The molecular weight excluding hydrogens is 466 g/mol. The summed E-state index contributed by atoms with van der Waals surface area (Å²) in [5, 5.41) is 5.57. The van der Waals surface area contributed by atoms with Crippen LogP contribution in [0.4, 0.5) is 16.2 Å². The molecule has 0 bridgehead atoms. The summed E-state index contributed by atoms with van der Waals surface area (Å²) in [4.78, 5) is 39.4. The fourth-order valence-corrected chi connectivity index (χ4v) is 4.62. The molecule has 8 heteroatoms. The molecule has 0 saturated carbocycles. The molecule has 3 aromatic carbocycles. The molecule has 0 saturated heterocycles. The monoisotopic (exact) mass is 499 g/mol. The first-order valence-corrected chi connectivity index (χ1v) is 12.3. The largest absolute Gasteiger partial charge is 0.351 e. The van der Waals surface area contributed by atoms with Crippen molar-refractivity contribution in [1.82, 2.24) is 5.32 Å². The van der Waals surface area contributed by atoms with E-state index in [-0.39, 0.29) is 18.2 Å². The normalized spacial score (nSPS) is 15.5. The summed E-state index contributed by atoms with van der Waals surface area (Å²) in [6.07, 6.45) is 1.33. The summed E-state index contributed by atoms with van der Waals surface area (Å²) in [6, 6.07) is 21.8. The van der Waals surface area contributed by atoms with Crippen LogP contribution < -0.4 is 27.0 Å². The summed E-state index contributed by atoms with van der Waals surface area (Å²) in [7, 11) is 0. The van der Waals surface area contributed by atoms with Crippen LogP contribution >= 0.6 is 0 Å². The summed E-state index contributed by atoms with van der Waals surface area (Å²) in [5.74, 6) is -0.377. The number of nitrogens with one attached hydrogen (secondary N) is 2. The van der Waals surface area contributed by atoms with Gasteiger partial charge in [-0.25, -0.2) is 4.79 Å². The van der Waals surface area contributed by atoms with E-state index in [1.807, 2.05) is 66.7 Å². The van der Waals surface area contributed by atoms with Gasteiger partial charge in [0.15, 0.2) is 0 Å². The zero-order valence-corrected chi connectivity index (χ0v) is 21.2. The predicted octanol–water partition coefficient (Wildman–Crippen LogP) is 3.94. The van der Waals surface area contributed by atoms with E-state index in [9.17, 15) is 14.4 Å². The second kappa shape index (κ2) is 10.8. The first-order chi connectivity index (χ1) is 17.6. The molecule has 6 N–H and O–H groups in total. The number of urea groups is 1. The van der Waals surface area contributed by atoms with E-state index in [0.717, 1.165) is 27.9 Å². The quantitative estimate of drug-likeness (QED) is 0.392. The van der Waals surface area contributed by atoms with E-state index in [2.05, 4.69) is 10.6 Å². The Morgan fingerprint density at radius 3 is 2.38 bits per heavy atom. The molecule has 1 aliphatic heterocycles. The van der Waals surface area contributed by atoms with Crippen molar-refractivity contribution in [3.05, 3.63) is 83.9 Å². The van der Waals surface area contributed by atoms with Crippen molar-refractivity contribution in [2.75, 3.05) is 10.2 Å². The third kappa shape index (κ3) is 6.54. The lowest BCUT2D eigenvalue weighted by Crippen LogP contribution is -2.49. The standard InChI is InChI=1S/C29H33N5O3/c1-29(2,31)17-26(35)32-24-16-15-21-7-3-6-10-25(21)34(27(24)36)18-19-11-13-20(14-12-19)22-8-4-5-9-23(22)33-28(30)37/h3-14,24H,15-18,31H2,1-2H3,(H,32,35)(H3,30,33,37)/t24-/m1/s1. The van der Waals surface area contributed by atoms with Crippen molar-refractivity contribution in [2.24, 2.45) is 11.5 Å². The van der Waals surface area contributed by atoms with Gasteiger partial charge in [-0.15, -0.1) is 0 Å². The van der Waals surface area contributed by atoms with Crippen LogP contribution in [0.5, 0.6) is 0 Å². The summed E-state index contributed by atoms with van der Waals surface area (Å²) in [5.41, 5.74) is 15.9. The topological polar surface area (TPSA) is 131 Å². The smallest absolute Gasteiger partial charge is 0.316 e. The zero-order chi connectivity index (χ0) is 26.6. The van der Waals surface area contributed by atoms with Crippen molar-refractivity contribution in [3.8, 4) is 11.1 Å². The summed E-state index contributed by atoms with van der Waals surface area (Å²) in [6.45, 7) is 3.93. The number of amides is 4. The molecule has 0 aromatic heterocycles. The van der Waals surface area contributed by atoms with Crippen molar-refractivity contribution < 1.29 is 14.4 Å². The molecule has 0 aliphatic carbocycles. The Labute approximate surface area is 217 Å². The van der Waals surface area contributed by atoms with Gasteiger partial charge in [-0.3, -0.25) is 9.59 Å². The van der Waals surface area contributed by atoms with Gasteiger partial charge in [0, 0.05) is 23.2 Å². The number of carbonyl (C=O) groups is 3. The Hall–Kier alpha value is -4.17. The third-order valence-electron chi connectivity index (χ3n) is 6.29. The van der Waals surface area contributed by atoms with Gasteiger partial charge in [0.05, 0.1) is 12.2 Å². The second-order valence-electron chi connectivity index (χ2n) is 10.1. The molecule has 0 spiro atoms. The summed E-state index contributed by atoms with van der Waals surface area (Å²) < 4.78 is 0. The van der Waals surface area contributed by atoms with Crippen LogP contribution in [0.2, 0.25) is 0 Å². The number of para-hydroxylation sites is 2. The molecule has 1 aliphatic rings. The maximum Gasteiger partial charge on any atom is 0.316 e. The van der Waals surface area contributed by atoms with Gasteiger partial charge < -0.3 is 27.0 Å². The molecule has 0 unspecified atom stereocenters. The number of rotatable bonds is 7. The van der Waals surface area contributed by atoms with Gasteiger partial charge in [0.2, 0.25) is 11.8 Å². The Kier molecular flexibility index (Phi) is 7.59. The molecule has 4 rings (SSSR count). The van der Waals surface area contributed by atoms with Gasteiger partial charge in [-0.1, -0.05) is 60.7 Å². The number of primary amides is 1. The number of benzene rings is 3. The van der Waals surface area contributed by atoms with E-state index in [4.69, 9.17) is 11.5 Å². The fraction of sp³-hybridized carbons (Fsp3) is 0.276. The number of fused-ring (bicyclic) bond motifs is 1. The van der Waals surface area contributed by atoms with E-state index < -0.39 is 17.6 Å². The lowest BCUT2D eigenvalue weighted by molar-refractivity contribution is -0.128. The van der Waals surface area contributed by atoms with E-state index in [0.29, 0.717) is 25.1 Å². The molecule has 3 aromatic rings. The zero-order valence-electron chi connectivity index (χ0n) is 21.2. The van der Waals surface area contributed by atoms with Crippen LogP contribution in [0.3, 0.4) is 0 Å². The van der Waals surface area contributed by atoms with Crippen molar-refractivity contribution >= 4 is 29.2 Å². The van der Waals surface area contributed by atoms with Crippen molar-refractivity contribution in [1.29, 1.82) is 0 Å². The average Bonchev–Trinajstić information content (AvgIpc) is 2.96. The Balaban J connectivity index is 1.58. The minimum absolute atomic E-state index is 0.136. The summed E-state index contributed by atoms with van der Waals surface area (Å²) >= 11 is 0. The third-order valence-corrected chi connectivity index (χ3v) is 6.29. The minimum atomic E-state index is -0.659. The number of anilines is 2. The molecule has 192 valence electrons. The van der Waals surface area contributed by atoms with Gasteiger partial charge in [0.25, 0.3) is 0 Å². The lowest BCUT2D eigenvalue weighted by Gasteiger charge is -2.27. The van der Waals surface area contributed by atoms with Crippen LogP contribution in [-0.4, -0.2) is 29.4 Å². The van der Waals surface area contributed by atoms with E-state index >= 15 is 0 Å². The Morgan fingerprint density at radius 1 is 1.00 bits per heavy atom. The number of nitrogens with two attached hydrogens (primary N) is 2. The van der Waals surface area contributed by atoms with Crippen LogP contribution in [0, 0.1) is 0 Å². The fourth-order valence-electron chi connectivity index (χ4n) is 4.62. The average molecular weight is 500 g/mol. The molecule has 1 heterocycles. The van der Waals surface area contributed by atoms with Crippen LogP contribution in [0.15, 0.2) is 72.8 Å². The number of hydrogen-bond acceptors (Lipinski definition) is 4. The maximum atomic E-state index is 13.7. The van der Waals surface area contributed by atoms with Gasteiger partial charge in [0.1, 0.15) is 6.04 Å². The first kappa shape index (κ1) is 25.9. The molecule has 4 amide bonds. The lowest BCUT2D eigenvalue weighted by atomic mass is 10.0. The second-order valence-corrected chi connectivity index (χ2v) is 10.1. The number of aryl methyl sites for hydroxylation is 1. The van der Waals surface area contributed by atoms with Crippen LogP contribution in [0.1, 0.15) is 37.8 Å². The Bertz CT molecular complexity index is 1300. The van der Waals surface area contributed by atoms with Crippen LogP contribution in [-0.2, 0) is 22.6 Å². The predicted molar refractivity (Wildman–Crippen MR) is 146 cm³/mol. The highest BCUT2D eigenvalue weighted by Crippen LogP contribution is 2.31. The Morgan fingerprint density at radius 2 is 1.68 bits per heavy atom. The highest BCUT2D eigenvalue weighted by molar-refractivity contribution is 6.00. The minimum Gasteiger partial charge on any atom is -0.351 e. The van der Waals surface area contributed by atoms with Crippen LogP contribution in [0.25, 0.3) is 11.1 Å². The van der Waals surface area contributed by atoms with Gasteiger partial charge in [-0.05, 0) is 55.5 Å². The number of carbonyl (C=O) groups excluding carboxylic acids is 3.